The van der Waals surface area contributed by atoms with Crippen LogP contribution in [-0.2, 0) is 9.84 Å². The lowest BCUT2D eigenvalue weighted by molar-refractivity contribution is 0.452. The Labute approximate surface area is 135 Å². The number of ether oxygens (including phenoxy) is 1. The Hall–Kier alpha value is -1.70. The van der Waals surface area contributed by atoms with Crippen LogP contribution in [0.2, 0.25) is 0 Å². The average molecular weight is 347 g/mol. The summed E-state index contributed by atoms with van der Waals surface area (Å²) in [4.78, 5) is 4.73. The summed E-state index contributed by atoms with van der Waals surface area (Å²) in [6.45, 7) is 0. The minimum absolute atomic E-state index is 0.206. The number of benzene rings is 2. The summed E-state index contributed by atoms with van der Waals surface area (Å²) in [6.07, 6.45) is 0. The quantitative estimate of drug-likeness (QED) is 0.764. The zero-order chi connectivity index (χ0) is 15.2. The summed E-state index contributed by atoms with van der Waals surface area (Å²) in [5.74, 6) is 0.905. The molecule has 0 bridgehead atoms. The number of fused-ring (bicyclic) bond motifs is 2. The van der Waals surface area contributed by atoms with Crippen LogP contribution in [0.5, 0.6) is 5.75 Å². The maximum absolute atomic E-state index is 12.8. The van der Waals surface area contributed by atoms with Gasteiger partial charge in [-0.2, -0.15) is 0 Å². The molecule has 2 heterocycles. The Bertz CT molecular complexity index is 918. The molecule has 0 atom stereocenters. The first-order valence-electron chi connectivity index (χ1n) is 6.41. The number of hydrogen-bond acceptors (Lipinski definition) is 6. The van der Waals surface area contributed by atoms with Crippen LogP contribution in [0.25, 0.3) is 0 Å². The number of rotatable bonds is 2. The molecule has 0 N–H and O–H groups in total. The second kappa shape index (κ2) is 5.19. The summed E-state index contributed by atoms with van der Waals surface area (Å²) in [5.41, 5.74) is 0.715. The van der Waals surface area contributed by atoms with E-state index >= 15 is 0 Å². The van der Waals surface area contributed by atoms with E-state index in [0.717, 1.165) is 0 Å². The lowest BCUT2D eigenvalue weighted by Crippen LogP contribution is -2.11. The van der Waals surface area contributed by atoms with Crippen LogP contribution in [0.15, 0.2) is 74.5 Å². The highest BCUT2D eigenvalue weighted by atomic mass is 33.1. The van der Waals surface area contributed by atoms with Gasteiger partial charge in [0.15, 0.2) is 20.8 Å². The second-order valence-electron chi connectivity index (χ2n) is 4.59. The molecule has 2 aromatic rings. The van der Waals surface area contributed by atoms with Crippen molar-refractivity contribution < 1.29 is 13.2 Å². The molecule has 2 aromatic carbocycles. The number of sulfone groups is 1. The van der Waals surface area contributed by atoms with E-state index in [1.54, 1.807) is 36.4 Å². The molecule has 2 aliphatic rings. The van der Waals surface area contributed by atoms with Gasteiger partial charge >= 0.3 is 0 Å². The molecule has 0 spiro atoms. The predicted octanol–water partition coefficient (Wildman–Crippen LogP) is 4.15. The molecule has 0 aliphatic carbocycles. The molecule has 0 fully saturated rings. The maximum atomic E-state index is 12.8. The minimum Gasteiger partial charge on any atom is -0.450 e. The van der Waals surface area contributed by atoms with Crippen molar-refractivity contribution in [2.75, 3.05) is 0 Å². The number of para-hydroxylation sites is 2. The fraction of sp³-hybridized carbons (Fsp3) is 0. The molecule has 110 valence electrons. The molecule has 0 saturated heterocycles. The highest BCUT2D eigenvalue weighted by molar-refractivity contribution is 8.86. The molecule has 0 amide bonds. The molecule has 22 heavy (non-hydrogen) atoms. The van der Waals surface area contributed by atoms with Crippen LogP contribution in [0.3, 0.4) is 0 Å². The van der Waals surface area contributed by atoms with Gasteiger partial charge in [-0.25, -0.2) is 13.4 Å². The van der Waals surface area contributed by atoms with Crippen molar-refractivity contribution in [3.05, 3.63) is 64.6 Å². The van der Waals surface area contributed by atoms with Crippen molar-refractivity contribution in [1.29, 1.82) is 0 Å². The van der Waals surface area contributed by atoms with E-state index in [1.807, 2.05) is 18.2 Å². The Kier molecular flexibility index (Phi) is 3.28. The van der Waals surface area contributed by atoms with E-state index in [4.69, 9.17) is 4.74 Å². The van der Waals surface area contributed by atoms with E-state index in [9.17, 15) is 8.42 Å². The first-order chi connectivity index (χ1) is 10.7. The molecule has 7 heteroatoms. The van der Waals surface area contributed by atoms with Gasteiger partial charge in [-0.1, -0.05) is 30.3 Å². The highest BCUT2D eigenvalue weighted by Crippen LogP contribution is 2.51. The molecule has 0 aromatic heterocycles. The Morgan fingerprint density at radius 1 is 0.909 bits per heavy atom. The monoisotopic (exact) mass is 347 g/mol. The van der Waals surface area contributed by atoms with Crippen molar-refractivity contribution in [3.8, 4) is 5.75 Å². The molecule has 4 nitrogen and oxygen atoms in total. The number of aliphatic imine (C=N–C) groups is 1. The maximum Gasteiger partial charge on any atom is 0.217 e. The van der Waals surface area contributed by atoms with Gasteiger partial charge in [0, 0.05) is 0 Å². The summed E-state index contributed by atoms with van der Waals surface area (Å²) in [7, 11) is -1.12. The topological polar surface area (TPSA) is 55.7 Å². The smallest absolute Gasteiger partial charge is 0.217 e. The minimum atomic E-state index is -3.60. The van der Waals surface area contributed by atoms with Crippen LogP contribution >= 0.6 is 21.6 Å². The third-order valence-corrected chi connectivity index (χ3v) is 8.04. The zero-order valence-electron chi connectivity index (χ0n) is 11.1. The van der Waals surface area contributed by atoms with E-state index < -0.39 is 9.84 Å². The first kappa shape index (κ1) is 13.9. The fourth-order valence-corrected chi connectivity index (χ4v) is 6.88. The third-order valence-electron chi connectivity index (χ3n) is 3.17. The Balaban J connectivity index is 1.86. The lowest BCUT2D eigenvalue weighted by Gasteiger charge is -2.15. The SMILES string of the molecule is O=S(=O)(C1=C2Oc3ccccc3N=C2SS1)c1ccccc1. The van der Waals surface area contributed by atoms with Crippen LogP contribution in [0, 0.1) is 0 Å². The molecular weight excluding hydrogens is 338 g/mol. The van der Waals surface area contributed by atoms with Crippen LogP contribution < -0.4 is 4.74 Å². The van der Waals surface area contributed by atoms with Gasteiger partial charge in [0.25, 0.3) is 0 Å². The van der Waals surface area contributed by atoms with Crippen molar-refractivity contribution in [2.45, 2.75) is 4.90 Å². The van der Waals surface area contributed by atoms with Crippen molar-refractivity contribution in [3.63, 3.8) is 0 Å². The fourth-order valence-electron chi connectivity index (χ4n) is 2.12. The summed E-state index contributed by atoms with van der Waals surface area (Å²) in [6, 6.07) is 15.7. The molecular formula is C15H9NO3S3. The molecule has 0 saturated carbocycles. The molecule has 0 unspecified atom stereocenters. The largest absolute Gasteiger partial charge is 0.450 e. The molecule has 0 radical (unpaired) electrons. The van der Waals surface area contributed by atoms with Gasteiger partial charge in [0.1, 0.15) is 5.69 Å². The van der Waals surface area contributed by atoms with E-state index in [1.165, 1.54) is 21.6 Å². The van der Waals surface area contributed by atoms with Gasteiger partial charge in [-0.05, 0) is 45.9 Å². The third kappa shape index (κ3) is 2.16. The Morgan fingerprint density at radius 2 is 1.64 bits per heavy atom. The van der Waals surface area contributed by atoms with Gasteiger partial charge < -0.3 is 4.74 Å². The van der Waals surface area contributed by atoms with Crippen molar-refractivity contribution >= 4 is 42.2 Å². The number of hydrogen-bond donors (Lipinski definition) is 0. The van der Waals surface area contributed by atoms with Crippen molar-refractivity contribution in [2.24, 2.45) is 4.99 Å². The van der Waals surface area contributed by atoms with E-state index in [2.05, 4.69) is 4.99 Å². The van der Waals surface area contributed by atoms with E-state index in [0.29, 0.717) is 22.2 Å². The highest BCUT2D eigenvalue weighted by Gasteiger charge is 2.37. The first-order valence-corrected chi connectivity index (χ1v) is 10.0. The van der Waals surface area contributed by atoms with Crippen LogP contribution in [-0.4, -0.2) is 13.5 Å². The van der Waals surface area contributed by atoms with Gasteiger partial charge in [-0.15, -0.1) is 0 Å². The Morgan fingerprint density at radius 3 is 2.45 bits per heavy atom. The summed E-state index contributed by atoms with van der Waals surface area (Å²) >= 11 is 0. The zero-order valence-corrected chi connectivity index (χ0v) is 13.5. The second-order valence-corrected chi connectivity index (χ2v) is 8.86. The van der Waals surface area contributed by atoms with Crippen LogP contribution in [0.4, 0.5) is 5.69 Å². The van der Waals surface area contributed by atoms with Crippen molar-refractivity contribution in [1.82, 2.24) is 0 Å². The van der Waals surface area contributed by atoms with Gasteiger partial charge in [-0.3, -0.25) is 0 Å². The van der Waals surface area contributed by atoms with Gasteiger partial charge in [0.2, 0.25) is 9.84 Å². The molecule has 2 aliphatic heterocycles. The standard InChI is InChI=1S/C15H9NO3S3/c17-22(18,10-6-2-1-3-7-10)15-13-14(20-21-15)16-11-8-4-5-9-12(11)19-13/h1-9H. The average Bonchev–Trinajstić information content (AvgIpc) is 2.97. The summed E-state index contributed by atoms with van der Waals surface area (Å²) < 4.78 is 31.6. The molecule has 4 rings (SSSR count). The predicted molar refractivity (Wildman–Crippen MR) is 90.0 cm³/mol. The lowest BCUT2D eigenvalue weighted by atomic mass is 10.3. The van der Waals surface area contributed by atoms with Gasteiger partial charge in [0.05, 0.1) is 4.90 Å². The van der Waals surface area contributed by atoms with E-state index in [-0.39, 0.29) is 9.13 Å². The summed E-state index contributed by atoms with van der Waals surface area (Å²) in [5, 5.41) is 0.596. The number of nitrogens with zero attached hydrogens (tertiary/aromatic N) is 1. The van der Waals surface area contributed by atoms with Crippen LogP contribution in [0.1, 0.15) is 0 Å². The normalized spacial score (nSPS) is 16.6.